The average molecular weight is 191 g/mol. The number of aryl methyl sites for hydroxylation is 1. The van der Waals surface area contributed by atoms with Crippen LogP contribution in [-0.2, 0) is 6.42 Å². The molecule has 66 valence electrons. The van der Waals surface area contributed by atoms with Crippen LogP contribution in [0.25, 0.3) is 10.1 Å². The number of aldehydes is 1. The molecule has 0 aromatic carbocycles. The van der Waals surface area contributed by atoms with Crippen LogP contribution in [0.4, 0.5) is 0 Å². The van der Waals surface area contributed by atoms with Crippen molar-refractivity contribution < 1.29 is 4.79 Å². The molecule has 0 radical (unpaired) electrons. The largest absolute Gasteiger partial charge is 0.297 e. The second-order valence-corrected chi connectivity index (χ2v) is 3.87. The van der Waals surface area contributed by atoms with E-state index in [1.165, 1.54) is 0 Å². The van der Waals surface area contributed by atoms with E-state index in [1.54, 1.807) is 17.5 Å². The summed E-state index contributed by atoms with van der Waals surface area (Å²) < 4.78 is 1.15. The molecule has 2 aromatic rings. The van der Waals surface area contributed by atoms with E-state index in [4.69, 9.17) is 0 Å². The minimum atomic E-state index is 0.838. The highest BCUT2D eigenvalue weighted by Gasteiger charge is 2.08. The Balaban J connectivity index is 2.81. The summed E-state index contributed by atoms with van der Waals surface area (Å²) in [6, 6.07) is 1.95. The van der Waals surface area contributed by atoms with Gasteiger partial charge in [-0.25, -0.2) is 0 Å². The second-order valence-electron chi connectivity index (χ2n) is 2.79. The highest BCUT2D eigenvalue weighted by Crippen LogP contribution is 2.29. The molecule has 0 aliphatic carbocycles. The van der Waals surface area contributed by atoms with Gasteiger partial charge in [-0.3, -0.25) is 9.78 Å². The van der Waals surface area contributed by atoms with Gasteiger partial charge in [-0.2, -0.15) is 0 Å². The molecule has 13 heavy (non-hydrogen) atoms. The molecule has 0 unspecified atom stereocenters. The van der Waals surface area contributed by atoms with Crippen molar-refractivity contribution in [3.8, 4) is 0 Å². The van der Waals surface area contributed by atoms with Gasteiger partial charge in [0.2, 0.25) is 0 Å². The Morgan fingerprint density at radius 3 is 3.15 bits per heavy atom. The number of rotatable bonds is 2. The molecule has 0 amide bonds. The van der Waals surface area contributed by atoms with Gasteiger partial charge in [0.05, 0.1) is 4.88 Å². The van der Waals surface area contributed by atoms with Gasteiger partial charge < -0.3 is 0 Å². The maximum absolute atomic E-state index is 10.7. The van der Waals surface area contributed by atoms with Crippen molar-refractivity contribution in [1.82, 2.24) is 4.98 Å². The van der Waals surface area contributed by atoms with Gasteiger partial charge >= 0.3 is 0 Å². The fourth-order valence-corrected chi connectivity index (χ4v) is 2.55. The third-order valence-corrected chi connectivity index (χ3v) is 3.22. The molecule has 0 atom stereocenters. The van der Waals surface area contributed by atoms with Gasteiger partial charge in [-0.05, 0) is 18.1 Å². The fraction of sp³-hybridized carbons (Fsp3) is 0.200. The molecule has 0 N–H and O–H groups in total. The summed E-state index contributed by atoms with van der Waals surface area (Å²) in [5.41, 5.74) is 1.13. The molecule has 0 saturated carbocycles. The number of aromatic nitrogens is 1. The molecule has 0 saturated heterocycles. The molecular formula is C10H9NOS. The Hall–Kier alpha value is -1.22. The van der Waals surface area contributed by atoms with Crippen molar-refractivity contribution in [3.05, 3.63) is 28.9 Å². The molecule has 2 aromatic heterocycles. The average Bonchev–Trinajstić information content (AvgIpc) is 2.55. The molecule has 0 aliphatic rings. The lowest BCUT2D eigenvalue weighted by Crippen LogP contribution is -1.83. The summed E-state index contributed by atoms with van der Waals surface area (Å²) in [6.45, 7) is 2.06. The molecule has 0 fully saturated rings. The summed E-state index contributed by atoms with van der Waals surface area (Å²) >= 11 is 1.54. The lowest BCUT2D eigenvalue weighted by molar-refractivity contribution is 0.112. The van der Waals surface area contributed by atoms with E-state index in [0.717, 1.165) is 33.2 Å². The van der Waals surface area contributed by atoms with Crippen LogP contribution >= 0.6 is 11.3 Å². The molecule has 2 nitrogen and oxygen atoms in total. The topological polar surface area (TPSA) is 30.0 Å². The first-order valence-corrected chi connectivity index (χ1v) is 4.99. The Kier molecular flexibility index (Phi) is 2.10. The minimum Gasteiger partial charge on any atom is -0.297 e. The summed E-state index contributed by atoms with van der Waals surface area (Å²) in [6.07, 6.45) is 5.41. The smallest absolute Gasteiger partial charge is 0.160 e. The summed E-state index contributed by atoms with van der Waals surface area (Å²) in [4.78, 5) is 15.6. The molecule has 0 bridgehead atoms. The lowest BCUT2D eigenvalue weighted by Gasteiger charge is -1.92. The number of nitrogens with zero attached hydrogens (tertiary/aromatic N) is 1. The molecule has 0 spiro atoms. The van der Waals surface area contributed by atoms with E-state index in [0.29, 0.717) is 0 Å². The van der Waals surface area contributed by atoms with Gasteiger partial charge in [-0.1, -0.05) is 6.92 Å². The maximum atomic E-state index is 10.7. The SMILES string of the molecule is CCc1c(C=O)sc2ccncc12. The summed E-state index contributed by atoms with van der Waals surface area (Å²) in [7, 11) is 0. The van der Waals surface area contributed by atoms with Crippen LogP contribution in [-0.4, -0.2) is 11.3 Å². The van der Waals surface area contributed by atoms with Crippen LogP contribution in [0.1, 0.15) is 22.2 Å². The molecule has 2 heterocycles. The number of carbonyl (C=O) groups is 1. The van der Waals surface area contributed by atoms with Gasteiger partial charge in [0.25, 0.3) is 0 Å². The number of carbonyl (C=O) groups excluding carboxylic acids is 1. The van der Waals surface area contributed by atoms with Crippen LogP contribution in [0.3, 0.4) is 0 Å². The predicted molar refractivity (Wildman–Crippen MR) is 54.4 cm³/mol. The molecule has 3 heteroatoms. The zero-order chi connectivity index (χ0) is 9.26. The normalized spacial score (nSPS) is 10.5. The predicted octanol–water partition coefficient (Wildman–Crippen LogP) is 2.67. The number of fused-ring (bicyclic) bond motifs is 1. The molecule has 0 aliphatic heterocycles. The van der Waals surface area contributed by atoms with E-state index in [1.807, 2.05) is 12.3 Å². The van der Waals surface area contributed by atoms with Gasteiger partial charge in [-0.15, -0.1) is 11.3 Å². The first-order valence-electron chi connectivity index (χ1n) is 4.17. The van der Waals surface area contributed by atoms with Crippen LogP contribution in [0.5, 0.6) is 0 Å². The Morgan fingerprint density at radius 1 is 1.62 bits per heavy atom. The number of pyridine rings is 1. The number of hydrogen-bond acceptors (Lipinski definition) is 3. The van der Waals surface area contributed by atoms with Crippen LogP contribution in [0, 0.1) is 0 Å². The lowest BCUT2D eigenvalue weighted by atomic mass is 10.1. The van der Waals surface area contributed by atoms with E-state index in [9.17, 15) is 4.79 Å². The quantitative estimate of drug-likeness (QED) is 0.683. The maximum Gasteiger partial charge on any atom is 0.160 e. The molecule has 2 rings (SSSR count). The Labute approximate surface area is 80.2 Å². The molecular weight excluding hydrogens is 182 g/mol. The monoisotopic (exact) mass is 191 g/mol. The fourth-order valence-electron chi connectivity index (χ4n) is 1.47. The minimum absolute atomic E-state index is 0.838. The van der Waals surface area contributed by atoms with Crippen LogP contribution in [0.2, 0.25) is 0 Å². The Morgan fingerprint density at radius 2 is 2.46 bits per heavy atom. The van der Waals surface area contributed by atoms with Crippen LogP contribution < -0.4 is 0 Å². The zero-order valence-electron chi connectivity index (χ0n) is 7.28. The third kappa shape index (κ3) is 1.25. The van der Waals surface area contributed by atoms with E-state index < -0.39 is 0 Å². The summed E-state index contributed by atoms with van der Waals surface area (Å²) in [5.74, 6) is 0. The van der Waals surface area contributed by atoms with Crippen molar-refractivity contribution in [2.24, 2.45) is 0 Å². The number of hydrogen-bond donors (Lipinski definition) is 0. The van der Waals surface area contributed by atoms with Crippen molar-refractivity contribution in [1.29, 1.82) is 0 Å². The zero-order valence-corrected chi connectivity index (χ0v) is 8.10. The van der Waals surface area contributed by atoms with Crippen molar-refractivity contribution in [3.63, 3.8) is 0 Å². The first kappa shape index (κ1) is 8.38. The standard InChI is InChI=1S/C10H9NOS/c1-2-7-8-5-11-4-3-9(8)13-10(7)6-12/h3-6H,2H2,1H3. The highest BCUT2D eigenvalue weighted by atomic mass is 32.1. The van der Waals surface area contributed by atoms with Crippen molar-refractivity contribution >= 4 is 27.7 Å². The van der Waals surface area contributed by atoms with E-state index >= 15 is 0 Å². The number of thiophene rings is 1. The van der Waals surface area contributed by atoms with Gasteiger partial charge in [0.1, 0.15) is 0 Å². The Bertz CT molecular complexity index is 447. The van der Waals surface area contributed by atoms with Crippen LogP contribution in [0.15, 0.2) is 18.5 Å². The van der Waals surface area contributed by atoms with Gasteiger partial charge in [0, 0.05) is 22.5 Å². The highest BCUT2D eigenvalue weighted by molar-refractivity contribution is 7.20. The van der Waals surface area contributed by atoms with E-state index in [2.05, 4.69) is 11.9 Å². The van der Waals surface area contributed by atoms with E-state index in [-0.39, 0.29) is 0 Å². The van der Waals surface area contributed by atoms with Gasteiger partial charge in [0.15, 0.2) is 6.29 Å². The van der Waals surface area contributed by atoms with Crippen molar-refractivity contribution in [2.75, 3.05) is 0 Å². The summed E-state index contributed by atoms with van der Waals surface area (Å²) in [5, 5.41) is 1.12. The first-order chi connectivity index (χ1) is 6.36. The van der Waals surface area contributed by atoms with Crippen molar-refractivity contribution in [2.45, 2.75) is 13.3 Å². The third-order valence-electron chi connectivity index (χ3n) is 2.08. The second kappa shape index (κ2) is 3.26.